The molecule has 2 aromatic heterocycles. The predicted octanol–water partition coefficient (Wildman–Crippen LogP) is 4.23. The van der Waals surface area contributed by atoms with Crippen LogP contribution in [0.2, 0.25) is 0 Å². The highest BCUT2D eigenvalue weighted by atomic mass is 32.1. The molecule has 0 saturated carbocycles. The van der Waals surface area contributed by atoms with Crippen molar-refractivity contribution in [2.24, 2.45) is 0 Å². The van der Waals surface area contributed by atoms with E-state index in [0.29, 0.717) is 33.6 Å². The van der Waals surface area contributed by atoms with Crippen LogP contribution in [-0.4, -0.2) is 28.0 Å². The summed E-state index contributed by atoms with van der Waals surface area (Å²) in [6.45, 7) is 6.43. The molecule has 0 aliphatic carbocycles. The Morgan fingerprint density at radius 3 is 2.81 bits per heavy atom. The topological polar surface area (TPSA) is 90.3 Å². The van der Waals surface area contributed by atoms with Crippen molar-refractivity contribution in [3.8, 4) is 0 Å². The van der Waals surface area contributed by atoms with Crippen molar-refractivity contribution in [2.45, 2.75) is 53.0 Å². The number of nitrogens with one attached hydrogen (secondary N) is 1. The first-order valence-corrected chi connectivity index (χ1v) is 11.3. The molecule has 1 aliphatic heterocycles. The summed E-state index contributed by atoms with van der Waals surface area (Å²) in [4.78, 5) is 43.9. The van der Waals surface area contributed by atoms with Crippen molar-refractivity contribution in [1.29, 1.82) is 0 Å². The second kappa shape index (κ2) is 8.63. The predicted molar refractivity (Wildman–Crippen MR) is 121 cm³/mol. The van der Waals surface area contributed by atoms with Crippen molar-refractivity contribution in [2.75, 3.05) is 11.9 Å². The van der Waals surface area contributed by atoms with Gasteiger partial charge in [-0.05, 0) is 57.4 Å². The minimum absolute atomic E-state index is 0.0528. The van der Waals surface area contributed by atoms with Crippen LogP contribution in [0, 0.1) is 13.8 Å². The quantitative estimate of drug-likeness (QED) is 0.615. The molecule has 162 valence electrons. The second-order valence-electron chi connectivity index (χ2n) is 7.69. The average molecular weight is 440 g/mol. The maximum atomic E-state index is 13.0. The van der Waals surface area contributed by atoms with Gasteiger partial charge in [-0.3, -0.25) is 14.2 Å². The number of benzene rings is 1. The number of rotatable bonds is 4. The van der Waals surface area contributed by atoms with Crippen LogP contribution in [-0.2, 0) is 17.7 Å². The maximum Gasteiger partial charge on any atom is 0.341 e. The van der Waals surface area contributed by atoms with Crippen molar-refractivity contribution >= 4 is 39.1 Å². The number of carbonyl (C=O) groups is 2. The first kappa shape index (κ1) is 21.2. The number of amides is 1. The first-order valence-electron chi connectivity index (χ1n) is 10.5. The van der Waals surface area contributed by atoms with Crippen molar-refractivity contribution < 1.29 is 14.3 Å². The summed E-state index contributed by atoms with van der Waals surface area (Å²) in [6.07, 6.45) is 3.82. The van der Waals surface area contributed by atoms with Crippen LogP contribution in [0.3, 0.4) is 0 Å². The van der Waals surface area contributed by atoms with Crippen LogP contribution in [0.4, 0.5) is 5.00 Å². The zero-order valence-corrected chi connectivity index (χ0v) is 18.7. The highest BCUT2D eigenvalue weighted by Gasteiger charge is 2.23. The number of esters is 1. The molecule has 31 heavy (non-hydrogen) atoms. The number of aromatic nitrogens is 2. The lowest BCUT2D eigenvalue weighted by Gasteiger charge is -2.11. The van der Waals surface area contributed by atoms with Crippen molar-refractivity contribution in [1.82, 2.24) is 9.55 Å². The number of carbonyl (C=O) groups excluding carboxylic acids is 2. The van der Waals surface area contributed by atoms with E-state index in [1.807, 2.05) is 13.8 Å². The van der Waals surface area contributed by atoms with Gasteiger partial charge in [-0.2, -0.15) is 0 Å². The Morgan fingerprint density at radius 2 is 2.03 bits per heavy atom. The van der Waals surface area contributed by atoms with Gasteiger partial charge in [0.1, 0.15) is 10.8 Å². The Bertz CT molecular complexity index is 1240. The largest absolute Gasteiger partial charge is 0.462 e. The SMILES string of the molecule is CCOC(=O)c1c(NC(=O)c2ccc3c(=O)n4c(nc3c2)CCCCC4)sc(C)c1C. The summed E-state index contributed by atoms with van der Waals surface area (Å²) in [7, 11) is 0. The molecule has 7 nitrogen and oxygen atoms in total. The number of nitrogens with zero attached hydrogens (tertiary/aromatic N) is 2. The van der Waals surface area contributed by atoms with Gasteiger partial charge in [-0.15, -0.1) is 11.3 Å². The van der Waals surface area contributed by atoms with Crippen LogP contribution in [0.25, 0.3) is 10.9 Å². The average Bonchev–Trinajstić information content (AvgIpc) is 2.90. The molecule has 1 amide bonds. The number of aryl methyl sites for hydroxylation is 2. The molecule has 0 fully saturated rings. The molecule has 0 radical (unpaired) electrons. The summed E-state index contributed by atoms with van der Waals surface area (Å²) in [5.74, 6) is -0.0252. The maximum absolute atomic E-state index is 13.0. The van der Waals surface area contributed by atoms with Gasteiger partial charge >= 0.3 is 5.97 Å². The monoisotopic (exact) mass is 439 g/mol. The summed E-state index contributed by atoms with van der Waals surface area (Å²) in [6, 6.07) is 4.94. The number of hydrogen-bond acceptors (Lipinski definition) is 6. The number of anilines is 1. The molecule has 0 saturated heterocycles. The smallest absolute Gasteiger partial charge is 0.341 e. The highest BCUT2D eigenvalue weighted by molar-refractivity contribution is 7.16. The van der Waals surface area contributed by atoms with Crippen LogP contribution < -0.4 is 10.9 Å². The van der Waals surface area contributed by atoms with Gasteiger partial charge in [0.25, 0.3) is 11.5 Å². The third-order valence-electron chi connectivity index (χ3n) is 5.67. The minimum Gasteiger partial charge on any atom is -0.462 e. The van der Waals surface area contributed by atoms with Gasteiger partial charge in [0.15, 0.2) is 0 Å². The molecule has 1 aromatic carbocycles. The third kappa shape index (κ3) is 3.99. The van der Waals surface area contributed by atoms with Crippen molar-refractivity contribution in [3.05, 3.63) is 55.9 Å². The Kier molecular flexibility index (Phi) is 5.91. The molecule has 0 atom stereocenters. The van der Waals surface area contributed by atoms with E-state index in [9.17, 15) is 14.4 Å². The highest BCUT2D eigenvalue weighted by Crippen LogP contribution is 2.33. The molecule has 4 rings (SSSR count). The lowest BCUT2D eigenvalue weighted by atomic mass is 10.1. The van der Waals surface area contributed by atoms with Crippen LogP contribution >= 0.6 is 11.3 Å². The number of fused-ring (bicyclic) bond motifs is 2. The molecule has 0 spiro atoms. The molecular weight excluding hydrogens is 414 g/mol. The van der Waals surface area contributed by atoms with Gasteiger partial charge in [-0.25, -0.2) is 9.78 Å². The fourth-order valence-corrected chi connectivity index (χ4v) is 4.94. The lowest BCUT2D eigenvalue weighted by Crippen LogP contribution is -2.24. The third-order valence-corrected chi connectivity index (χ3v) is 6.79. The Hall–Kier alpha value is -3.00. The summed E-state index contributed by atoms with van der Waals surface area (Å²) >= 11 is 1.34. The second-order valence-corrected chi connectivity index (χ2v) is 8.91. The zero-order valence-electron chi connectivity index (χ0n) is 17.9. The standard InChI is InChI=1S/C23H25N3O4S/c1-4-30-23(29)19-13(2)14(3)31-21(19)25-20(27)15-9-10-16-17(12-15)24-18-8-6-5-7-11-26(18)22(16)28/h9-10,12H,4-8,11H2,1-3H3,(H,25,27). The molecule has 1 aliphatic rings. The molecule has 0 unspecified atom stereocenters. The normalized spacial score (nSPS) is 13.5. The van der Waals surface area contributed by atoms with E-state index in [2.05, 4.69) is 10.3 Å². The van der Waals surface area contributed by atoms with E-state index in [-0.39, 0.29) is 18.1 Å². The Labute approximate surface area is 184 Å². The van der Waals surface area contributed by atoms with E-state index < -0.39 is 5.97 Å². The van der Waals surface area contributed by atoms with E-state index >= 15 is 0 Å². The molecule has 8 heteroatoms. The minimum atomic E-state index is -0.449. The van der Waals surface area contributed by atoms with E-state index in [1.165, 1.54) is 11.3 Å². The summed E-state index contributed by atoms with van der Waals surface area (Å²) < 4.78 is 6.92. The number of ether oxygens (including phenoxy) is 1. The molecule has 3 aromatic rings. The van der Waals surface area contributed by atoms with Crippen LogP contribution in [0.15, 0.2) is 23.0 Å². The molecular formula is C23H25N3O4S. The van der Waals surface area contributed by atoms with Gasteiger partial charge < -0.3 is 10.1 Å². The van der Waals surface area contributed by atoms with Crippen LogP contribution in [0.1, 0.15) is 63.2 Å². The van der Waals surface area contributed by atoms with E-state index in [4.69, 9.17) is 4.74 Å². The van der Waals surface area contributed by atoms with Gasteiger partial charge in [0, 0.05) is 23.4 Å². The van der Waals surface area contributed by atoms with E-state index in [1.54, 1.807) is 29.7 Å². The van der Waals surface area contributed by atoms with Gasteiger partial charge in [-0.1, -0.05) is 6.42 Å². The summed E-state index contributed by atoms with van der Waals surface area (Å²) in [5.41, 5.74) is 2.05. The lowest BCUT2D eigenvalue weighted by molar-refractivity contribution is 0.0527. The van der Waals surface area contributed by atoms with Crippen molar-refractivity contribution in [3.63, 3.8) is 0 Å². The Balaban J connectivity index is 1.69. The molecule has 1 N–H and O–H groups in total. The zero-order chi connectivity index (χ0) is 22.1. The fourth-order valence-electron chi connectivity index (χ4n) is 3.90. The van der Waals surface area contributed by atoms with Gasteiger partial charge in [0.05, 0.1) is 23.1 Å². The van der Waals surface area contributed by atoms with Gasteiger partial charge in [0.2, 0.25) is 0 Å². The number of thiophene rings is 1. The summed E-state index contributed by atoms with van der Waals surface area (Å²) in [5, 5.41) is 3.82. The molecule has 0 bridgehead atoms. The Morgan fingerprint density at radius 1 is 1.23 bits per heavy atom. The molecule has 3 heterocycles. The first-order chi connectivity index (χ1) is 14.9. The van der Waals surface area contributed by atoms with Crippen LogP contribution in [0.5, 0.6) is 0 Å². The number of hydrogen-bond donors (Lipinski definition) is 1. The van der Waals surface area contributed by atoms with E-state index in [0.717, 1.165) is 41.9 Å². The fraction of sp³-hybridized carbons (Fsp3) is 0.391.